The number of ether oxygens (including phenoxy) is 1. The van der Waals surface area contributed by atoms with Crippen LogP contribution in [0, 0.1) is 17.8 Å². The number of hydrogen-bond acceptors (Lipinski definition) is 2. The Labute approximate surface area is 166 Å². The fraction of sp³-hybridized carbons (Fsp3) is 0.458. The standard InChI is InChI=1S/C24H28N2O2/c27-24(17-28-23-8-7-19-3-1-2-4-20(19)15-23)26-11-9-25(10-12-26)16-22-14-18-5-6-21(22)13-18/h1-8,15,18,21-22H,9-14,16-17H2/p+1/t18-,21-,22-/m0/s1. The van der Waals surface area contributed by atoms with Gasteiger partial charge in [0.05, 0.1) is 32.7 Å². The first-order valence-electron chi connectivity index (χ1n) is 10.7. The van der Waals surface area contributed by atoms with Crippen LogP contribution < -0.4 is 9.64 Å². The molecule has 1 amide bonds. The van der Waals surface area contributed by atoms with Crippen LogP contribution in [0.2, 0.25) is 0 Å². The molecule has 0 spiro atoms. The van der Waals surface area contributed by atoms with Crippen molar-refractivity contribution in [3.8, 4) is 5.75 Å². The molecule has 1 aliphatic heterocycles. The summed E-state index contributed by atoms with van der Waals surface area (Å²) >= 11 is 0. The molecule has 3 atom stereocenters. The minimum atomic E-state index is 0.107. The van der Waals surface area contributed by atoms with Gasteiger partial charge in [-0.2, -0.15) is 0 Å². The van der Waals surface area contributed by atoms with Gasteiger partial charge in [0.2, 0.25) is 0 Å². The van der Waals surface area contributed by atoms with Crippen molar-refractivity contribution in [1.82, 2.24) is 4.90 Å². The molecule has 2 aliphatic carbocycles. The number of nitrogens with one attached hydrogen (secondary N) is 1. The van der Waals surface area contributed by atoms with Gasteiger partial charge in [-0.05, 0) is 47.6 Å². The summed E-state index contributed by atoms with van der Waals surface area (Å²) in [6.45, 7) is 5.25. The summed E-state index contributed by atoms with van der Waals surface area (Å²) in [5.74, 6) is 3.41. The molecule has 4 nitrogen and oxygen atoms in total. The molecule has 1 saturated heterocycles. The number of piperazine rings is 1. The molecule has 3 aliphatic rings. The molecule has 2 bridgehead atoms. The number of carbonyl (C=O) groups is 1. The predicted molar refractivity (Wildman–Crippen MR) is 110 cm³/mol. The summed E-state index contributed by atoms with van der Waals surface area (Å²) in [5.41, 5.74) is 0. The summed E-state index contributed by atoms with van der Waals surface area (Å²) < 4.78 is 5.79. The topological polar surface area (TPSA) is 34.0 Å². The number of allylic oxidation sites excluding steroid dienone is 2. The van der Waals surface area contributed by atoms with Gasteiger partial charge < -0.3 is 14.5 Å². The lowest BCUT2D eigenvalue weighted by Gasteiger charge is -2.34. The summed E-state index contributed by atoms with van der Waals surface area (Å²) in [4.78, 5) is 16.2. The quantitative estimate of drug-likeness (QED) is 0.811. The minimum Gasteiger partial charge on any atom is -0.484 e. The molecule has 1 N–H and O–H groups in total. The zero-order chi connectivity index (χ0) is 18.9. The molecular formula is C24H29N2O2+. The SMILES string of the molecule is O=C(COc1ccc2ccccc2c1)N1CC[NH+](C[C@@H]2C[C@H]3C=C[C@H]2C3)CC1. The average molecular weight is 378 g/mol. The highest BCUT2D eigenvalue weighted by atomic mass is 16.5. The third-order valence-corrected chi connectivity index (χ3v) is 6.87. The third kappa shape index (κ3) is 3.66. The maximum Gasteiger partial charge on any atom is 0.260 e. The highest BCUT2D eigenvalue weighted by Crippen LogP contribution is 2.42. The van der Waals surface area contributed by atoms with Gasteiger partial charge in [0.25, 0.3) is 5.91 Å². The van der Waals surface area contributed by atoms with Gasteiger partial charge in [0.15, 0.2) is 6.61 Å². The first kappa shape index (κ1) is 17.7. The second-order valence-corrected chi connectivity index (χ2v) is 8.67. The molecule has 2 aromatic carbocycles. The van der Waals surface area contributed by atoms with Crippen molar-refractivity contribution in [3.05, 3.63) is 54.6 Å². The van der Waals surface area contributed by atoms with Crippen LogP contribution >= 0.6 is 0 Å². The number of nitrogens with zero attached hydrogens (tertiary/aromatic N) is 1. The third-order valence-electron chi connectivity index (χ3n) is 6.87. The zero-order valence-electron chi connectivity index (χ0n) is 16.3. The number of carbonyl (C=O) groups excluding carboxylic acids is 1. The Morgan fingerprint density at radius 1 is 1.04 bits per heavy atom. The maximum atomic E-state index is 12.6. The molecule has 1 heterocycles. The molecule has 1 saturated carbocycles. The van der Waals surface area contributed by atoms with Gasteiger partial charge in [0, 0.05) is 5.92 Å². The smallest absolute Gasteiger partial charge is 0.260 e. The lowest BCUT2D eigenvalue weighted by molar-refractivity contribution is -0.907. The number of quaternary nitrogens is 1. The van der Waals surface area contributed by atoms with Crippen molar-refractivity contribution in [2.24, 2.45) is 17.8 Å². The van der Waals surface area contributed by atoms with E-state index >= 15 is 0 Å². The van der Waals surface area contributed by atoms with Crippen molar-refractivity contribution < 1.29 is 14.4 Å². The van der Waals surface area contributed by atoms with Crippen LogP contribution in [0.5, 0.6) is 5.75 Å². The number of fused-ring (bicyclic) bond motifs is 3. The largest absolute Gasteiger partial charge is 0.484 e. The summed E-state index contributed by atoms with van der Waals surface area (Å²) in [6.07, 6.45) is 7.63. The van der Waals surface area contributed by atoms with E-state index in [2.05, 4.69) is 24.3 Å². The highest BCUT2D eigenvalue weighted by molar-refractivity contribution is 5.84. The Bertz CT molecular complexity index is 885. The van der Waals surface area contributed by atoms with Crippen molar-refractivity contribution in [2.45, 2.75) is 12.8 Å². The van der Waals surface area contributed by atoms with E-state index in [1.54, 1.807) is 4.90 Å². The molecule has 4 heteroatoms. The van der Waals surface area contributed by atoms with Gasteiger partial charge >= 0.3 is 0 Å². The Hall–Kier alpha value is -2.33. The molecule has 0 unspecified atom stereocenters. The van der Waals surface area contributed by atoms with Crippen LogP contribution in [0.4, 0.5) is 0 Å². The van der Waals surface area contributed by atoms with E-state index in [4.69, 9.17) is 4.74 Å². The molecule has 0 radical (unpaired) electrons. The fourth-order valence-electron chi connectivity index (χ4n) is 5.27. The van der Waals surface area contributed by atoms with E-state index in [0.29, 0.717) is 0 Å². The highest BCUT2D eigenvalue weighted by Gasteiger charge is 2.38. The number of hydrogen-bond donors (Lipinski definition) is 1. The Morgan fingerprint density at radius 2 is 1.86 bits per heavy atom. The number of benzene rings is 2. The summed E-state index contributed by atoms with van der Waals surface area (Å²) in [6, 6.07) is 14.2. The van der Waals surface area contributed by atoms with Gasteiger partial charge in [0.1, 0.15) is 5.75 Å². The van der Waals surface area contributed by atoms with Crippen LogP contribution in [0.25, 0.3) is 10.8 Å². The van der Waals surface area contributed by atoms with E-state index in [1.807, 2.05) is 35.2 Å². The van der Waals surface area contributed by atoms with Gasteiger partial charge in [-0.3, -0.25) is 4.79 Å². The first-order valence-corrected chi connectivity index (χ1v) is 10.7. The molecular weight excluding hydrogens is 348 g/mol. The molecule has 146 valence electrons. The molecule has 2 fully saturated rings. The van der Waals surface area contributed by atoms with E-state index in [-0.39, 0.29) is 12.5 Å². The van der Waals surface area contributed by atoms with Crippen LogP contribution in [0.3, 0.4) is 0 Å². The van der Waals surface area contributed by atoms with Crippen molar-refractivity contribution in [1.29, 1.82) is 0 Å². The summed E-state index contributed by atoms with van der Waals surface area (Å²) in [7, 11) is 0. The molecule has 0 aromatic heterocycles. The van der Waals surface area contributed by atoms with Crippen molar-refractivity contribution in [2.75, 3.05) is 39.3 Å². The van der Waals surface area contributed by atoms with Crippen molar-refractivity contribution in [3.63, 3.8) is 0 Å². The van der Waals surface area contributed by atoms with E-state index in [9.17, 15) is 4.79 Å². The predicted octanol–water partition coefficient (Wildman–Crippen LogP) is 2.16. The van der Waals surface area contributed by atoms with Crippen LogP contribution in [0.15, 0.2) is 54.6 Å². The number of amides is 1. The first-order chi connectivity index (χ1) is 13.7. The van der Waals surface area contributed by atoms with Crippen LogP contribution in [-0.2, 0) is 4.79 Å². The molecule has 28 heavy (non-hydrogen) atoms. The van der Waals surface area contributed by atoms with E-state index in [0.717, 1.165) is 55.1 Å². The van der Waals surface area contributed by atoms with Gasteiger partial charge in [-0.1, -0.05) is 42.5 Å². The summed E-state index contributed by atoms with van der Waals surface area (Å²) in [5, 5.41) is 2.33. The fourth-order valence-corrected chi connectivity index (χ4v) is 5.27. The molecule has 2 aromatic rings. The second kappa shape index (κ2) is 7.59. The van der Waals surface area contributed by atoms with Crippen LogP contribution in [-0.4, -0.2) is 50.1 Å². The lowest BCUT2D eigenvalue weighted by atomic mass is 9.93. The van der Waals surface area contributed by atoms with E-state index in [1.165, 1.54) is 24.8 Å². The zero-order valence-corrected chi connectivity index (χ0v) is 16.3. The monoisotopic (exact) mass is 377 g/mol. The van der Waals surface area contributed by atoms with Crippen molar-refractivity contribution >= 4 is 16.7 Å². The Balaban J connectivity index is 1.09. The number of rotatable bonds is 5. The van der Waals surface area contributed by atoms with Crippen LogP contribution in [0.1, 0.15) is 12.8 Å². The van der Waals surface area contributed by atoms with Gasteiger partial charge in [-0.15, -0.1) is 0 Å². The second-order valence-electron chi connectivity index (χ2n) is 8.67. The minimum absolute atomic E-state index is 0.107. The normalized spacial score (nSPS) is 26.9. The molecule has 5 rings (SSSR count). The van der Waals surface area contributed by atoms with E-state index < -0.39 is 0 Å². The Kier molecular flexibility index (Phi) is 4.81. The average Bonchev–Trinajstić information content (AvgIpc) is 3.36. The maximum absolute atomic E-state index is 12.6. The Morgan fingerprint density at radius 3 is 2.61 bits per heavy atom. The van der Waals surface area contributed by atoms with Gasteiger partial charge in [-0.25, -0.2) is 0 Å². The lowest BCUT2D eigenvalue weighted by Crippen LogP contribution is -3.15.